The summed E-state index contributed by atoms with van der Waals surface area (Å²) in [6.07, 6.45) is -0.339. The largest absolute Gasteiger partial charge is 0.416 e. The molecule has 6 heteroatoms. The lowest BCUT2D eigenvalue weighted by Gasteiger charge is -2.18. The van der Waals surface area contributed by atoms with Gasteiger partial charge in [0.15, 0.2) is 0 Å². The number of halogens is 3. The monoisotopic (exact) mass is 396 g/mol. The number of alkyl halides is 3. The van der Waals surface area contributed by atoms with Gasteiger partial charge in [0, 0.05) is 11.5 Å². The Labute approximate surface area is 165 Å². The van der Waals surface area contributed by atoms with E-state index in [9.17, 15) is 18.0 Å². The Morgan fingerprint density at radius 2 is 1.79 bits per heavy atom. The van der Waals surface area contributed by atoms with E-state index in [-0.39, 0.29) is 23.6 Å². The van der Waals surface area contributed by atoms with Gasteiger partial charge in [-0.3, -0.25) is 4.79 Å². The Hall–Kier alpha value is -1.85. The van der Waals surface area contributed by atoms with Crippen molar-refractivity contribution in [1.29, 1.82) is 0 Å². The van der Waals surface area contributed by atoms with E-state index in [1.54, 1.807) is 0 Å². The minimum absolute atomic E-state index is 0.0268. The summed E-state index contributed by atoms with van der Waals surface area (Å²) < 4.78 is 39.2. The van der Waals surface area contributed by atoms with Gasteiger partial charge in [-0.15, -0.1) is 0 Å². The summed E-state index contributed by atoms with van der Waals surface area (Å²) in [5, 5.41) is 0. The van der Waals surface area contributed by atoms with Crippen LogP contribution < -0.4 is 5.73 Å². The number of rotatable bonds is 8. The first-order chi connectivity index (χ1) is 13.0. The number of nitrogens with zero attached hydrogens (tertiary/aromatic N) is 1. The van der Waals surface area contributed by atoms with E-state index in [2.05, 4.69) is 32.7 Å². The highest BCUT2D eigenvalue weighted by atomic mass is 19.4. The van der Waals surface area contributed by atoms with Crippen LogP contribution in [0.25, 0.3) is 0 Å². The van der Waals surface area contributed by atoms with E-state index in [1.165, 1.54) is 6.07 Å². The maximum absolute atomic E-state index is 13.1. The van der Waals surface area contributed by atoms with Gasteiger partial charge in [-0.2, -0.15) is 18.2 Å². The van der Waals surface area contributed by atoms with Crippen molar-refractivity contribution in [3.63, 3.8) is 0 Å². The Morgan fingerprint density at radius 1 is 1.14 bits per heavy atom. The number of carbonyl (C=O) groups is 1. The van der Waals surface area contributed by atoms with Crippen LogP contribution in [-0.4, -0.2) is 11.7 Å². The predicted molar refractivity (Wildman–Crippen MR) is 106 cm³/mol. The van der Waals surface area contributed by atoms with E-state index >= 15 is 0 Å². The van der Waals surface area contributed by atoms with Gasteiger partial charge < -0.3 is 5.73 Å². The van der Waals surface area contributed by atoms with Crippen molar-refractivity contribution < 1.29 is 18.0 Å². The first-order valence-electron chi connectivity index (χ1n) is 10.1. The molecule has 1 aliphatic carbocycles. The van der Waals surface area contributed by atoms with Crippen LogP contribution in [0.2, 0.25) is 0 Å². The number of hydrogen-bond donors (Lipinski definition) is 1. The minimum Gasteiger partial charge on any atom is -0.383 e. The number of hydrogen-bond acceptors (Lipinski definition) is 1. The molecule has 0 bridgehead atoms. The van der Waals surface area contributed by atoms with Crippen molar-refractivity contribution in [2.24, 2.45) is 28.5 Å². The highest BCUT2D eigenvalue weighted by Gasteiger charge is 2.34. The maximum Gasteiger partial charge on any atom is 0.416 e. The topological polar surface area (TPSA) is 55.5 Å². The van der Waals surface area contributed by atoms with Crippen LogP contribution in [0.1, 0.15) is 82.4 Å². The van der Waals surface area contributed by atoms with Crippen LogP contribution in [0.3, 0.4) is 0 Å². The summed E-state index contributed by atoms with van der Waals surface area (Å²) in [5.74, 6) is 0.451. The Kier molecular flexibility index (Phi) is 7.29. The van der Waals surface area contributed by atoms with Gasteiger partial charge in [-0.25, -0.2) is 0 Å². The second kappa shape index (κ2) is 9.10. The molecule has 1 aliphatic rings. The molecule has 1 amide bonds. The molecule has 2 N–H and O–H groups in total. The highest BCUT2D eigenvalue weighted by molar-refractivity contribution is 6.05. The third-order valence-corrected chi connectivity index (χ3v) is 5.10. The normalized spacial score (nSPS) is 16.7. The van der Waals surface area contributed by atoms with Gasteiger partial charge in [-0.1, -0.05) is 40.2 Å². The average Bonchev–Trinajstić information content (AvgIpc) is 3.41. The van der Waals surface area contributed by atoms with E-state index in [0.717, 1.165) is 44.2 Å². The lowest BCUT2D eigenvalue weighted by atomic mass is 9.90. The molecule has 1 fully saturated rings. The Balaban J connectivity index is 2.28. The molecule has 3 nitrogen and oxygen atoms in total. The molecule has 1 aromatic rings. The zero-order chi connectivity index (χ0) is 21.1. The molecule has 28 heavy (non-hydrogen) atoms. The molecular weight excluding hydrogens is 365 g/mol. The second-order valence-electron chi connectivity index (χ2n) is 8.71. The summed E-state index contributed by atoms with van der Waals surface area (Å²) in [5.41, 5.74) is 6.41. The molecule has 0 radical (unpaired) electrons. The summed E-state index contributed by atoms with van der Waals surface area (Å²) >= 11 is 0. The molecule has 1 atom stereocenters. The zero-order valence-corrected chi connectivity index (χ0v) is 17.1. The van der Waals surface area contributed by atoms with Gasteiger partial charge in [0.2, 0.25) is 0 Å². The standard InChI is InChI=1S/C22H31F3N2O/c1-13(2)5-6-16(11-14(3)4)21(28)27-20(26)18-10-9-17(22(23,24)25)12-19(18)15-7-8-15/h9-10,12-16H,5-8,11H2,1-4H3,(H2,26,27,28). The fourth-order valence-corrected chi connectivity index (χ4v) is 3.42. The smallest absolute Gasteiger partial charge is 0.383 e. The molecule has 0 heterocycles. The fraction of sp³-hybridized carbons (Fsp3) is 0.636. The third kappa shape index (κ3) is 6.35. The number of nitrogens with two attached hydrogens (primary N) is 1. The Morgan fingerprint density at radius 3 is 2.29 bits per heavy atom. The van der Waals surface area contributed by atoms with Crippen molar-refractivity contribution in [2.75, 3.05) is 0 Å². The summed E-state index contributed by atoms with van der Waals surface area (Å²) in [6.45, 7) is 8.34. The van der Waals surface area contributed by atoms with E-state index in [4.69, 9.17) is 5.73 Å². The lowest BCUT2D eigenvalue weighted by molar-refractivity contribution is -0.137. The first-order valence-corrected chi connectivity index (χ1v) is 10.1. The van der Waals surface area contributed by atoms with Crippen LogP contribution in [0.4, 0.5) is 13.2 Å². The SMILES string of the molecule is CC(C)CCC(CC(C)C)C(=O)N=C(N)c1ccc(C(F)(F)F)cc1C1CC1. The van der Waals surface area contributed by atoms with Crippen LogP contribution in [0.5, 0.6) is 0 Å². The summed E-state index contributed by atoms with van der Waals surface area (Å²) in [6, 6.07) is 3.52. The van der Waals surface area contributed by atoms with Crippen LogP contribution in [0.15, 0.2) is 23.2 Å². The summed E-state index contributed by atoms with van der Waals surface area (Å²) in [7, 11) is 0. The summed E-state index contributed by atoms with van der Waals surface area (Å²) in [4.78, 5) is 16.9. The second-order valence-corrected chi connectivity index (χ2v) is 8.71. The first kappa shape index (κ1) is 22.4. The fourth-order valence-electron chi connectivity index (χ4n) is 3.42. The quantitative estimate of drug-likeness (QED) is 0.438. The van der Waals surface area contributed by atoms with Crippen LogP contribution in [0, 0.1) is 17.8 Å². The third-order valence-electron chi connectivity index (χ3n) is 5.10. The van der Waals surface area contributed by atoms with Gasteiger partial charge in [0.05, 0.1) is 5.56 Å². The van der Waals surface area contributed by atoms with Gasteiger partial charge in [0.25, 0.3) is 5.91 Å². The highest BCUT2D eigenvalue weighted by Crippen LogP contribution is 2.43. The van der Waals surface area contributed by atoms with Crippen molar-refractivity contribution >= 4 is 11.7 Å². The molecule has 0 aromatic heterocycles. The molecule has 0 saturated heterocycles. The van der Waals surface area contributed by atoms with Crippen molar-refractivity contribution in [2.45, 2.75) is 71.9 Å². The van der Waals surface area contributed by atoms with E-state index in [1.807, 2.05) is 0 Å². The molecule has 156 valence electrons. The van der Waals surface area contributed by atoms with Gasteiger partial charge in [0.1, 0.15) is 5.84 Å². The number of amides is 1. The van der Waals surface area contributed by atoms with E-state index in [0.29, 0.717) is 23.0 Å². The maximum atomic E-state index is 13.1. The predicted octanol–water partition coefficient (Wildman–Crippen LogP) is 5.91. The zero-order valence-electron chi connectivity index (χ0n) is 17.1. The molecule has 2 rings (SSSR count). The molecule has 1 aromatic carbocycles. The average molecular weight is 396 g/mol. The van der Waals surface area contributed by atoms with Gasteiger partial charge >= 0.3 is 6.18 Å². The van der Waals surface area contributed by atoms with Gasteiger partial charge in [-0.05, 0) is 61.1 Å². The van der Waals surface area contributed by atoms with E-state index < -0.39 is 11.7 Å². The number of amidine groups is 1. The molecule has 0 spiro atoms. The van der Waals surface area contributed by atoms with Crippen LogP contribution in [-0.2, 0) is 11.0 Å². The minimum atomic E-state index is -4.40. The van der Waals surface area contributed by atoms with Crippen molar-refractivity contribution in [3.8, 4) is 0 Å². The molecule has 1 unspecified atom stereocenters. The lowest BCUT2D eigenvalue weighted by Crippen LogP contribution is -2.23. The molecular formula is C22H31F3N2O. The number of aliphatic imine (C=N–C) groups is 1. The number of benzene rings is 1. The number of carbonyl (C=O) groups excluding carboxylic acids is 1. The van der Waals surface area contributed by atoms with Crippen LogP contribution >= 0.6 is 0 Å². The van der Waals surface area contributed by atoms with Crippen molar-refractivity contribution in [1.82, 2.24) is 0 Å². The molecule has 1 saturated carbocycles. The Bertz CT molecular complexity index is 719. The van der Waals surface area contributed by atoms with Crippen molar-refractivity contribution in [3.05, 3.63) is 34.9 Å². The molecule has 0 aliphatic heterocycles.